The van der Waals surface area contributed by atoms with E-state index in [-0.39, 0.29) is 5.41 Å². The number of hydrogen-bond acceptors (Lipinski definition) is 1. The zero-order valence-corrected chi connectivity index (χ0v) is 49.2. The van der Waals surface area contributed by atoms with Gasteiger partial charge in [0.1, 0.15) is 0 Å². The molecule has 0 unspecified atom stereocenters. The van der Waals surface area contributed by atoms with E-state index in [9.17, 15) is 0 Å². The minimum Gasteiger partial charge on any atom is -0.310 e. The molecular formula is C73H80Br2N2. The molecule has 1 aromatic heterocycles. The van der Waals surface area contributed by atoms with E-state index in [1.807, 2.05) is 0 Å². The molecule has 0 aliphatic heterocycles. The van der Waals surface area contributed by atoms with Crippen molar-refractivity contribution in [3.63, 3.8) is 0 Å². The Morgan fingerprint density at radius 1 is 0.351 bits per heavy atom. The lowest BCUT2D eigenvalue weighted by molar-refractivity contribution is 0.397. The first-order valence-electron chi connectivity index (χ1n) is 29.8. The van der Waals surface area contributed by atoms with Gasteiger partial charge in [0, 0.05) is 47.9 Å². The fourth-order valence-corrected chi connectivity index (χ4v) is 14.1. The fourth-order valence-electron chi connectivity index (χ4n) is 12.9. The highest BCUT2D eigenvalue weighted by Gasteiger charge is 2.42. The van der Waals surface area contributed by atoms with Crippen molar-refractivity contribution in [3.8, 4) is 39.1 Å². The molecule has 4 heteroatoms. The molecule has 77 heavy (non-hydrogen) atoms. The van der Waals surface area contributed by atoms with Crippen LogP contribution in [0.25, 0.3) is 60.9 Å². The molecule has 9 aromatic rings. The van der Waals surface area contributed by atoms with E-state index in [4.69, 9.17) is 0 Å². The average molecular weight is 1150 g/mol. The summed E-state index contributed by atoms with van der Waals surface area (Å²) in [5, 5.41) is 2.50. The van der Waals surface area contributed by atoms with Crippen LogP contribution in [0, 0.1) is 0 Å². The second-order valence-electron chi connectivity index (χ2n) is 22.2. The highest BCUT2D eigenvalue weighted by atomic mass is 79.9. The molecule has 0 spiro atoms. The molecule has 0 atom stereocenters. The Morgan fingerprint density at radius 2 is 0.805 bits per heavy atom. The van der Waals surface area contributed by atoms with Crippen molar-refractivity contribution in [1.29, 1.82) is 0 Å². The number of unbranched alkanes of at least 4 members (excludes halogenated alkanes) is 18. The maximum absolute atomic E-state index is 3.75. The summed E-state index contributed by atoms with van der Waals surface area (Å²) in [5.41, 5.74) is 17.9. The molecule has 1 heterocycles. The van der Waals surface area contributed by atoms with Gasteiger partial charge in [0.05, 0.1) is 11.0 Å². The summed E-state index contributed by atoms with van der Waals surface area (Å²) in [6, 6.07) is 68.6. The number of aromatic nitrogens is 1. The lowest BCUT2D eigenvalue weighted by Gasteiger charge is -2.34. The van der Waals surface area contributed by atoms with E-state index in [0.29, 0.717) is 0 Å². The molecule has 0 amide bonds. The Morgan fingerprint density at radius 3 is 1.40 bits per heavy atom. The lowest BCUT2D eigenvalue weighted by Crippen LogP contribution is -2.26. The Balaban J connectivity index is 0.987. The first-order valence-corrected chi connectivity index (χ1v) is 31.3. The molecule has 8 aromatic carbocycles. The van der Waals surface area contributed by atoms with Crippen LogP contribution in [0.2, 0.25) is 0 Å². The molecule has 0 saturated heterocycles. The summed E-state index contributed by atoms with van der Waals surface area (Å²) in [6.45, 7) is 4.64. The second kappa shape index (κ2) is 26.8. The third kappa shape index (κ3) is 12.8. The van der Waals surface area contributed by atoms with Crippen LogP contribution < -0.4 is 4.90 Å². The van der Waals surface area contributed by atoms with E-state index >= 15 is 0 Å². The van der Waals surface area contributed by atoms with Crippen molar-refractivity contribution < 1.29 is 0 Å². The monoisotopic (exact) mass is 1140 g/mol. The smallest absolute Gasteiger partial charge is 0.0541 e. The van der Waals surface area contributed by atoms with Crippen LogP contribution in [-0.2, 0) is 5.41 Å². The van der Waals surface area contributed by atoms with Crippen molar-refractivity contribution >= 4 is 70.7 Å². The van der Waals surface area contributed by atoms with Crippen LogP contribution in [0.15, 0.2) is 191 Å². The van der Waals surface area contributed by atoms with Gasteiger partial charge in [0.15, 0.2) is 0 Å². The van der Waals surface area contributed by atoms with Crippen LogP contribution in [0.3, 0.4) is 0 Å². The van der Waals surface area contributed by atoms with Crippen LogP contribution >= 0.6 is 31.9 Å². The van der Waals surface area contributed by atoms with E-state index < -0.39 is 0 Å². The standard InChI is InChI=1S/C73H80Br2N2/c1-3-5-7-9-11-13-15-17-19-28-48-73(49-29-20-18-16-14-12-10-8-6-4-2)69-34-26-24-32-65(69)66-46-45-63(54-70(66)73)76(61-41-36-56(37-42-61)55-30-22-21-23-31-55)62-43-38-57(39-44-62)58-40-47-72-68(50-58)67-33-25-27-35-71(67)77(72)64-52-59(74)51-60(75)53-64/h21-27,30-47,50-54H,3-20,28-29,48-49H2,1-2H3. The highest BCUT2D eigenvalue weighted by molar-refractivity contribution is 9.11. The van der Waals surface area contributed by atoms with Gasteiger partial charge in [-0.3, -0.25) is 0 Å². The summed E-state index contributed by atoms with van der Waals surface area (Å²) in [6.07, 6.45) is 29.6. The maximum atomic E-state index is 3.75. The minimum atomic E-state index is -0.00972. The summed E-state index contributed by atoms with van der Waals surface area (Å²) < 4.78 is 4.47. The number of anilines is 3. The molecule has 0 saturated carbocycles. The Bertz CT molecular complexity index is 3270. The number of nitrogens with zero attached hydrogens (tertiary/aromatic N) is 2. The van der Waals surface area contributed by atoms with Gasteiger partial charge in [-0.05, 0) is 130 Å². The highest BCUT2D eigenvalue weighted by Crippen LogP contribution is 2.56. The average Bonchev–Trinajstić information content (AvgIpc) is 3.99. The Hall–Kier alpha value is -5.68. The van der Waals surface area contributed by atoms with Crippen molar-refractivity contribution in [2.45, 2.75) is 161 Å². The molecular weight excluding hydrogens is 1060 g/mol. The lowest BCUT2D eigenvalue weighted by atomic mass is 9.70. The van der Waals surface area contributed by atoms with Crippen LogP contribution in [-0.4, -0.2) is 4.57 Å². The van der Waals surface area contributed by atoms with E-state index in [2.05, 4.69) is 237 Å². The predicted molar refractivity (Wildman–Crippen MR) is 341 cm³/mol. The zero-order chi connectivity index (χ0) is 52.8. The number of para-hydroxylation sites is 1. The molecule has 1 aliphatic carbocycles. The summed E-state index contributed by atoms with van der Waals surface area (Å²) in [5.74, 6) is 0. The number of halogens is 2. The third-order valence-electron chi connectivity index (χ3n) is 16.9. The van der Waals surface area contributed by atoms with Gasteiger partial charge in [-0.2, -0.15) is 0 Å². The molecule has 0 bridgehead atoms. The Kier molecular flexibility index (Phi) is 19.0. The van der Waals surface area contributed by atoms with Gasteiger partial charge in [-0.25, -0.2) is 0 Å². The largest absolute Gasteiger partial charge is 0.310 e. The summed E-state index contributed by atoms with van der Waals surface area (Å²) >= 11 is 7.50. The van der Waals surface area contributed by atoms with Crippen LogP contribution in [0.5, 0.6) is 0 Å². The number of rotatable bonds is 28. The molecule has 2 nitrogen and oxygen atoms in total. The number of hydrogen-bond donors (Lipinski definition) is 0. The van der Waals surface area contributed by atoms with Gasteiger partial charge >= 0.3 is 0 Å². The first-order chi connectivity index (χ1) is 38.0. The van der Waals surface area contributed by atoms with Gasteiger partial charge < -0.3 is 9.47 Å². The molecule has 0 fully saturated rings. The Labute approximate surface area is 478 Å². The van der Waals surface area contributed by atoms with Crippen molar-refractivity contribution in [2.24, 2.45) is 0 Å². The van der Waals surface area contributed by atoms with Gasteiger partial charge in [0.25, 0.3) is 0 Å². The predicted octanol–water partition coefficient (Wildman–Crippen LogP) is 24.0. The van der Waals surface area contributed by atoms with Crippen LogP contribution in [0.4, 0.5) is 17.1 Å². The topological polar surface area (TPSA) is 8.17 Å². The number of fused-ring (bicyclic) bond motifs is 6. The third-order valence-corrected chi connectivity index (χ3v) is 17.8. The van der Waals surface area contributed by atoms with Crippen molar-refractivity contribution in [2.75, 3.05) is 4.90 Å². The van der Waals surface area contributed by atoms with Gasteiger partial charge in [-0.1, -0.05) is 283 Å². The quantitative estimate of drug-likeness (QED) is 0.0444. The maximum Gasteiger partial charge on any atom is 0.0541 e. The minimum absolute atomic E-state index is 0.00972. The molecule has 0 radical (unpaired) electrons. The van der Waals surface area contributed by atoms with E-state index in [1.165, 1.54) is 208 Å². The summed E-state index contributed by atoms with van der Waals surface area (Å²) in [7, 11) is 0. The number of benzene rings is 8. The molecule has 10 rings (SSSR count). The molecule has 0 N–H and O–H groups in total. The van der Waals surface area contributed by atoms with E-state index in [0.717, 1.165) is 26.0 Å². The zero-order valence-electron chi connectivity index (χ0n) is 46.0. The van der Waals surface area contributed by atoms with Gasteiger partial charge in [-0.15, -0.1) is 0 Å². The van der Waals surface area contributed by atoms with Crippen molar-refractivity contribution in [3.05, 3.63) is 202 Å². The summed E-state index contributed by atoms with van der Waals surface area (Å²) in [4.78, 5) is 2.51. The SMILES string of the molecule is CCCCCCCCCCCCC1(CCCCCCCCCCCC)c2ccccc2-c2ccc(N(c3ccc(-c4ccccc4)cc3)c3ccc(-c4ccc5c(c4)c4ccccc4n5-c4cc(Br)cc(Br)c4)cc3)cc21. The van der Waals surface area contributed by atoms with Crippen LogP contribution in [0.1, 0.15) is 166 Å². The first kappa shape index (κ1) is 54.7. The van der Waals surface area contributed by atoms with Gasteiger partial charge in [0.2, 0.25) is 0 Å². The van der Waals surface area contributed by atoms with Crippen molar-refractivity contribution in [1.82, 2.24) is 4.57 Å². The fraction of sp³-hybridized carbons (Fsp3) is 0.342. The second-order valence-corrected chi connectivity index (χ2v) is 24.1. The normalized spacial score (nSPS) is 12.6. The molecule has 396 valence electrons. The molecule has 1 aliphatic rings. The van der Waals surface area contributed by atoms with E-state index in [1.54, 1.807) is 5.56 Å².